The summed E-state index contributed by atoms with van der Waals surface area (Å²) in [6.45, 7) is 7.95. The van der Waals surface area contributed by atoms with E-state index in [2.05, 4.69) is 41.7 Å². The van der Waals surface area contributed by atoms with Crippen molar-refractivity contribution in [1.29, 1.82) is 0 Å². The zero-order chi connectivity index (χ0) is 13.1. The summed E-state index contributed by atoms with van der Waals surface area (Å²) in [4.78, 5) is 13.5. The minimum atomic E-state index is 0.386. The third kappa shape index (κ3) is 2.47. The normalized spacial score (nSPS) is 11.4. The maximum atomic E-state index is 5.70. The Morgan fingerprint density at radius 3 is 2.78 bits per heavy atom. The quantitative estimate of drug-likeness (QED) is 0.901. The molecule has 0 amide bonds. The third-order valence-corrected chi connectivity index (χ3v) is 4.16. The maximum absolute atomic E-state index is 5.70. The second-order valence-corrected chi connectivity index (χ2v) is 5.67. The van der Waals surface area contributed by atoms with E-state index in [0.29, 0.717) is 12.6 Å². The van der Waals surface area contributed by atoms with Gasteiger partial charge < -0.3 is 10.6 Å². The summed E-state index contributed by atoms with van der Waals surface area (Å²) in [6.07, 6.45) is 2.69. The summed E-state index contributed by atoms with van der Waals surface area (Å²) in [5.41, 5.74) is 5.70. The van der Waals surface area contributed by atoms with Gasteiger partial charge in [-0.25, -0.2) is 9.97 Å². The SMILES string of the molecule is CCc1cc2c(N(CCN)C(C)C)ncnc2s1. The van der Waals surface area contributed by atoms with Crippen molar-refractivity contribution in [3.05, 3.63) is 17.3 Å². The number of nitrogens with zero attached hydrogens (tertiary/aromatic N) is 3. The highest BCUT2D eigenvalue weighted by atomic mass is 32.1. The van der Waals surface area contributed by atoms with E-state index in [0.717, 1.165) is 29.0 Å². The number of anilines is 1. The van der Waals surface area contributed by atoms with E-state index in [1.807, 2.05) is 0 Å². The molecule has 2 aromatic rings. The Labute approximate surface area is 112 Å². The number of nitrogens with two attached hydrogens (primary N) is 1. The fraction of sp³-hybridized carbons (Fsp3) is 0.538. The Morgan fingerprint density at radius 2 is 2.17 bits per heavy atom. The molecule has 5 heteroatoms. The molecule has 0 fully saturated rings. The lowest BCUT2D eigenvalue weighted by molar-refractivity contribution is 0.677. The number of aromatic nitrogens is 2. The molecule has 98 valence electrons. The van der Waals surface area contributed by atoms with Crippen LogP contribution < -0.4 is 10.6 Å². The van der Waals surface area contributed by atoms with Crippen molar-refractivity contribution in [2.45, 2.75) is 33.2 Å². The average molecular weight is 264 g/mol. The smallest absolute Gasteiger partial charge is 0.141 e. The molecule has 0 aliphatic rings. The summed E-state index contributed by atoms with van der Waals surface area (Å²) < 4.78 is 0. The molecule has 0 saturated carbocycles. The number of hydrogen-bond donors (Lipinski definition) is 1. The van der Waals surface area contributed by atoms with Crippen LogP contribution in [-0.2, 0) is 6.42 Å². The van der Waals surface area contributed by atoms with Crippen LogP contribution in [0.3, 0.4) is 0 Å². The second-order valence-electron chi connectivity index (χ2n) is 4.56. The van der Waals surface area contributed by atoms with Crippen LogP contribution >= 0.6 is 11.3 Å². The predicted octanol–water partition coefficient (Wildman–Crippen LogP) is 2.43. The first-order chi connectivity index (χ1) is 8.67. The first-order valence-corrected chi connectivity index (χ1v) is 7.19. The summed E-state index contributed by atoms with van der Waals surface area (Å²) in [5.74, 6) is 1.01. The van der Waals surface area contributed by atoms with Gasteiger partial charge in [-0.05, 0) is 26.3 Å². The second kappa shape index (κ2) is 5.63. The molecule has 0 atom stereocenters. The molecule has 0 aliphatic heterocycles. The first kappa shape index (κ1) is 13.2. The standard InChI is InChI=1S/C13H20N4S/c1-4-10-7-11-12(15-8-16-13(11)18-10)17(6-5-14)9(2)3/h7-9H,4-6,14H2,1-3H3. The highest BCUT2D eigenvalue weighted by molar-refractivity contribution is 7.18. The molecule has 0 spiro atoms. The highest BCUT2D eigenvalue weighted by Crippen LogP contribution is 2.31. The van der Waals surface area contributed by atoms with Gasteiger partial charge >= 0.3 is 0 Å². The molecule has 0 radical (unpaired) electrons. The Hall–Kier alpha value is -1.20. The van der Waals surface area contributed by atoms with Gasteiger partial charge in [0.1, 0.15) is 17.0 Å². The fourth-order valence-electron chi connectivity index (χ4n) is 2.04. The number of hydrogen-bond acceptors (Lipinski definition) is 5. The van der Waals surface area contributed by atoms with Crippen molar-refractivity contribution in [1.82, 2.24) is 9.97 Å². The summed E-state index contributed by atoms with van der Waals surface area (Å²) in [6, 6.07) is 2.60. The largest absolute Gasteiger partial charge is 0.352 e. The number of aryl methyl sites for hydroxylation is 1. The van der Waals surface area contributed by atoms with Crippen LogP contribution in [-0.4, -0.2) is 29.1 Å². The molecule has 0 saturated heterocycles. The van der Waals surface area contributed by atoms with Crippen LogP contribution in [0.1, 0.15) is 25.6 Å². The molecule has 2 aromatic heterocycles. The molecule has 2 N–H and O–H groups in total. The zero-order valence-corrected chi connectivity index (χ0v) is 12.0. The first-order valence-electron chi connectivity index (χ1n) is 6.37. The highest BCUT2D eigenvalue weighted by Gasteiger charge is 2.16. The van der Waals surface area contributed by atoms with Crippen molar-refractivity contribution in [2.75, 3.05) is 18.0 Å². The van der Waals surface area contributed by atoms with E-state index in [4.69, 9.17) is 5.73 Å². The van der Waals surface area contributed by atoms with Crippen LogP contribution in [0.25, 0.3) is 10.2 Å². The van der Waals surface area contributed by atoms with Crippen LogP contribution in [0.2, 0.25) is 0 Å². The third-order valence-electron chi connectivity index (χ3n) is 2.97. The van der Waals surface area contributed by atoms with Crippen LogP contribution in [0.5, 0.6) is 0 Å². The summed E-state index contributed by atoms with van der Waals surface area (Å²) in [7, 11) is 0. The van der Waals surface area contributed by atoms with Gasteiger partial charge in [0.25, 0.3) is 0 Å². The van der Waals surface area contributed by atoms with Crippen LogP contribution in [0, 0.1) is 0 Å². The Balaban J connectivity index is 2.51. The van der Waals surface area contributed by atoms with Crippen molar-refractivity contribution in [3.8, 4) is 0 Å². The van der Waals surface area contributed by atoms with Gasteiger partial charge in [-0.15, -0.1) is 11.3 Å². The summed E-state index contributed by atoms with van der Waals surface area (Å²) in [5, 5.41) is 1.15. The lowest BCUT2D eigenvalue weighted by atomic mass is 10.2. The van der Waals surface area contributed by atoms with Gasteiger partial charge in [0.05, 0.1) is 5.39 Å². The number of fused-ring (bicyclic) bond motifs is 1. The van der Waals surface area contributed by atoms with E-state index in [-0.39, 0.29) is 0 Å². The Morgan fingerprint density at radius 1 is 1.39 bits per heavy atom. The molecule has 0 unspecified atom stereocenters. The Bertz CT molecular complexity index is 521. The molecule has 0 bridgehead atoms. The molecule has 4 nitrogen and oxygen atoms in total. The van der Waals surface area contributed by atoms with E-state index >= 15 is 0 Å². The minimum Gasteiger partial charge on any atom is -0.352 e. The topological polar surface area (TPSA) is 55.0 Å². The van der Waals surface area contributed by atoms with E-state index < -0.39 is 0 Å². The monoisotopic (exact) mass is 264 g/mol. The van der Waals surface area contributed by atoms with Gasteiger partial charge in [-0.3, -0.25) is 0 Å². The van der Waals surface area contributed by atoms with Crippen molar-refractivity contribution in [3.63, 3.8) is 0 Å². The molecule has 0 aromatic carbocycles. The fourth-order valence-corrected chi connectivity index (χ4v) is 2.97. The van der Waals surface area contributed by atoms with E-state index in [1.165, 1.54) is 4.88 Å². The van der Waals surface area contributed by atoms with E-state index in [1.54, 1.807) is 17.7 Å². The molecule has 2 heterocycles. The predicted molar refractivity (Wildman–Crippen MR) is 78.3 cm³/mol. The van der Waals surface area contributed by atoms with Crippen LogP contribution in [0.15, 0.2) is 12.4 Å². The molecule has 2 rings (SSSR count). The minimum absolute atomic E-state index is 0.386. The Kier molecular flexibility index (Phi) is 4.14. The van der Waals surface area contributed by atoms with Gasteiger partial charge in [-0.1, -0.05) is 6.92 Å². The number of thiophene rings is 1. The van der Waals surface area contributed by atoms with Crippen molar-refractivity contribution in [2.24, 2.45) is 5.73 Å². The van der Waals surface area contributed by atoms with Crippen molar-refractivity contribution < 1.29 is 0 Å². The van der Waals surface area contributed by atoms with Gasteiger partial charge in [-0.2, -0.15) is 0 Å². The van der Waals surface area contributed by atoms with Gasteiger partial charge in [0, 0.05) is 24.0 Å². The van der Waals surface area contributed by atoms with E-state index in [9.17, 15) is 0 Å². The van der Waals surface area contributed by atoms with Gasteiger partial charge in [0.2, 0.25) is 0 Å². The lowest BCUT2D eigenvalue weighted by Gasteiger charge is -2.27. The lowest BCUT2D eigenvalue weighted by Crippen LogP contribution is -2.36. The molecular weight excluding hydrogens is 244 g/mol. The molecule has 18 heavy (non-hydrogen) atoms. The maximum Gasteiger partial charge on any atom is 0.141 e. The summed E-state index contributed by atoms with van der Waals surface area (Å²) >= 11 is 1.75. The number of rotatable bonds is 5. The van der Waals surface area contributed by atoms with Crippen LogP contribution in [0.4, 0.5) is 5.82 Å². The zero-order valence-electron chi connectivity index (χ0n) is 11.2. The average Bonchev–Trinajstić information content (AvgIpc) is 2.78. The molecular formula is C13H20N4S. The van der Waals surface area contributed by atoms with Crippen molar-refractivity contribution >= 4 is 27.4 Å². The van der Waals surface area contributed by atoms with Gasteiger partial charge in [0.15, 0.2) is 0 Å². The molecule has 0 aliphatic carbocycles.